The maximum absolute atomic E-state index is 8.95. The van der Waals surface area contributed by atoms with Crippen molar-refractivity contribution in [2.75, 3.05) is 19.8 Å². The lowest BCUT2D eigenvalue weighted by molar-refractivity contribution is -0.278. The first-order valence-corrected chi connectivity index (χ1v) is 5.27. The van der Waals surface area contributed by atoms with Crippen molar-refractivity contribution in [2.45, 2.75) is 37.2 Å². The average molecular weight is 234 g/mol. The molecular weight excluding hydrogens is 220 g/mol. The Hall–Kier alpha value is -0.280. The van der Waals surface area contributed by atoms with Crippen LogP contribution in [-0.4, -0.2) is 67.2 Å². The maximum Gasteiger partial charge on any atom is 0.190 e. The summed E-state index contributed by atoms with van der Waals surface area (Å²) in [6, 6.07) is 0. The summed E-state index contributed by atoms with van der Waals surface area (Å²) in [4.78, 5) is 0. The van der Waals surface area contributed by atoms with E-state index in [9.17, 15) is 0 Å². The van der Waals surface area contributed by atoms with Crippen LogP contribution in [0.25, 0.3) is 0 Å². The second-order valence-electron chi connectivity index (χ2n) is 3.94. The van der Waals surface area contributed by atoms with Gasteiger partial charge in [-0.3, -0.25) is 0 Å². The number of rotatable bonds is 2. The van der Waals surface area contributed by atoms with Crippen LogP contribution in [0.4, 0.5) is 0 Å². The Morgan fingerprint density at radius 3 is 2.38 bits per heavy atom. The summed E-state index contributed by atoms with van der Waals surface area (Å²) in [5.74, 6) is 0. The van der Waals surface area contributed by atoms with E-state index in [2.05, 4.69) is 0 Å². The molecule has 0 aromatic heterocycles. The molecule has 0 aromatic rings. The van der Waals surface area contributed by atoms with Crippen molar-refractivity contribution in [3.05, 3.63) is 0 Å². The van der Waals surface area contributed by atoms with Gasteiger partial charge in [-0.05, 0) is 0 Å². The topological polar surface area (TPSA) is 86.6 Å². The molecule has 3 saturated heterocycles. The van der Waals surface area contributed by atoms with Gasteiger partial charge in [0.1, 0.15) is 18.3 Å². The molecule has 3 fully saturated rings. The van der Waals surface area contributed by atoms with E-state index in [-0.39, 0.29) is 31.5 Å². The van der Waals surface area contributed by atoms with Crippen LogP contribution in [0, 0.1) is 0 Å². The molecule has 0 amide bonds. The fourth-order valence-corrected chi connectivity index (χ4v) is 2.20. The Morgan fingerprint density at radius 1 is 0.875 bits per heavy atom. The molecule has 0 saturated carbocycles. The normalized spacial score (nSPS) is 51.4. The van der Waals surface area contributed by atoms with Crippen LogP contribution in [0.3, 0.4) is 0 Å². The third kappa shape index (κ3) is 1.65. The molecule has 0 bridgehead atoms. The number of fused-ring (bicyclic) bond motifs is 3. The lowest BCUT2D eigenvalue weighted by atomic mass is 10.1. The standard InChI is InChI=1S/C9H14O7/c10-1-5-12-3-4-7(14-5)8-9(13-4)16-6(2-11)15-8/h4-11H,1-3H2. The van der Waals surface area contributed by atoms with Crippen molar-refractivity contribution in [2.24, 2.45) is 0 Å². The Balaban J connectivity index is 1.68. The van der Waals surface area contributed by atoms with Gasteiger partial charge in [0.2, 0.25) is 0 Å². The predicted molar refractivity (Wildman–Crippen MR) is 47.2 cm³/mol. The van der Waals surface area contributed by atoms with Gasteiger partial charge >= 0.3 is 0 Å². The van der Waals surface area contributed by atoms with Crippen molar-refractivity contribution in [3.63, 3.8) is 0 Å². The fourth-order valence-electron chi connectivity index (χ4n) is 2.20. The zero-order valence-electron chi connectivity index (χ0n) is 8.52. The molecule has 3 aliphatic rings. The molecule has 3 heterocycles. The molecule has 6 unspecified atom stereocenters. The van der Waals surface area contributed by atoms with Gasteiger partial charge in [0.15, 0.2) is 18.9 Å². The molecule has 0 aliphatic carbocycles. The molecule has 0 radical (unpaired) electrons. The van der Waals surface area contributed by atoms with E-state index in [1.165, 1.54) is 0 Å². The van der Waals surface area contributed by atoms with Crippen LogP contribution >= 0.6 is 0 Å². The zero-order chi connectivity index (χ0) is 11.1. The summed E-state index contributed by atoms with van der Waals surface area (Å²) in [5.41, 5.74) is 0. The highest BCUT2D eigenvalue weighted by Crippen LogP contribution is 2.36. The monoisotopic (exact) mass is 234 g/mol. The summed E-state index contributed by atoms with van der Waals surface area (Å²) >= 11 is 0. The van der Waals surface area contributed by atoms with E-state index >= 15 is 0 Å². The van der Waals surface area contributed by atoms with E-state index in [0.29, 0.717) is 6.61 Å². The van der Waals surface area contributed by atoms with Crippen LogP contribution in [0.1, 0.15) is 0 Å². The van der Waals surface area contributed by atoms with Gasteiger partial charge < -0.3 is 33.9 Å². The summed E-state index contributed by atoms with van der Waals surface area (Å²) < 4.78 is 26.9. The molecule has 3 aliphatic heterocycles. The molecule has 92 valence electrons. The van der Waals surface area contributed by atoms with E-state index < -0.39 is 18.9 Å². The summed E-state index contributed by atoms with van der Waals surface area (Å²) in [5, 5.41) is 17.9. The second-order valence-corrected chi connectivity index (χ2v) is 3.94. The van der Waals surface area contributed by atoms with Gasteiger partial charge in [-0.25, -0.2) is 0 Å². The van der Waals surface area contributed by atoms with Crippen LogP contribution in [0.5, 0.6) is 0 Å². The van der Waals surface area contributed by atoms with Gasteiger partial charge in [-0.2, -0.15) is 0 Å². The third-order valence-electron chi connectivity index (χ3n) is 2.92. The number of aliphatic hydroxyl groups is 2. The van der Waals surface area contributed by atoms with Crippen molar-refractivity contribution in [1.82, 2.24) is 0 Å². The molecule has 0 aromatic carbocycles. The SMILES string of the molecule is OCC1OCC2OC3OC(CO)OC3C2O1. The zero-order valence-corrected chi connectivity index (χ0v) is 8.52. The Bertz CT molecular complexity index is 260. The lowest BCUT2D eigenvalue weighted by Crippen LogP contribution is -2.47. The second kappa shape index (κ2) is 4.19. The molecule has 7 nitrogen and oxygen atoms in total. The third-order valence-corrected chi connectivity index (χ3v) is 2.92. The number of hydrogen-bond donors (Lipinski definition) is 2. The van der Waals surface area contributed by atoms with Crippen molar-refractivity contribution >= 4 is 0 Å². The van der Waals surface area contributed by atoms with Gasteiger partial charge in [0.25, 0.3) is 0 Å². The van der Waals surface area contributed by atoms with Crippen molar-refractivity contribution in [3.8, 4) is 0 Å². The minimum Gasteiger partial charge on any atom is -0.391 e. The first-order chi connectivity index (χ1) is 7.81. The van der Waals surface area contributed by atoms with Crippen LogP contribution in [-0.2, 0) is 23.7 Å². The molecular formula is C9H14O7. The molecule has 7 heteroatoms. The molecule has 2 N–H and O–H groups in total. The molecule has 6 atom stereocenters. The first kappa shape index (κ1) is 10.8. The van der Waals surface area contributed by atoms with Crippen molar-refractivity contribution < 1.29 is 33.9 Å². The van der Waals surface area contributed by atoms with Gasteiger partial charge in [-0.15, -0.1) is 0 Å². The number of ether oxygens (including phenoxy) is 5. The van der Waals surface area contributed by atoms with Crippen LogP contribution in [0.2, 0.25) is 0 Å². The number of aliphatic hydroxyl groups excluding tert-OH is 2. The van der Waals surface area contributed by atoms with Crippen LogP contribution < -0.4 is 0 Å². The van der Waals surface area contributed by atoms with E-state index in [0.717, 1.165) is 0 Å². The smallest absolute Gasteiger partial charge is 0.190 e. The van der Waals surface area contributed by atoms with Gasteiger partial charge in [0.05, 0.1) is 19.8 Å². The quantitative estimate of drug-likeness (QED) is 0.581. The average Bonchev–Trinajstić information content (AvgIpc) is 2.85. The van der Waals surface area contributed by atoms with Gasteiger partial charge in [-0.1, -0.05) is 0 Å². The minimum absolute atomic E-state index is 0.203. The highest BCUT2D eigenvalue weighted by atomic mass is 16.8. The first-order valence-electron chi connectivity index (χ1n) is 5.27. The summed E-state index contributed by atoms with van der Waals surface area (Å²) in [6.45, 7) is -0.0715. The molecule has 3 rings (SSSR count). The molecule has 16 heavy (non-hydrogen) atoms. The molecule has 0 spiro atoms. The highest BCUT2D eigenvalue weighted by Gasteiger charge is 2.55. The van der Waals surface area contributed by atoms with E-state index in [1.807, 2.05) is 0 Å². The number of hydrogen-bond acceptors (Lipinski definition) is 7. The largest absolute Gasteiger partial charge is 0.391 e. The Morgan fingerprint density at radius 2 is 1.62 bits per heavy atom. The Kier molecular flexibility index (Phi) is 2.84. The Labute approximate surface area is 91.8 Å². The van der Waals surface area contributed by atoms with E-state index in [1.54, 1.807) is 0 Å². The lowest BCUT2D eigenvalue weighted by Gasteiger charge is -2.32. The van der Waals surface area contributed by atoms with Crippen molar-refractivity contribution in [1.29, 1.82) is 0 Å². The summed E-state index contributed by atoms with van der Waals surface area (Å²) in [6.07, 6.45) is -2.73. The summed E-state index contributed by atoms with van der Waals surface area (Å²) in [7, 11) is 0. The maximum atomic E-state index is 8.95. The van der Waals surface area contributed by atoms with Gasteiger partial charge in [0, 0.05) is 0 Å². The van der Waals surface area contributed by atoms with Crippen LogP contribution in [0.15, 0.2) is 0 Å². The minimum atomic E-state index is -0.657. The van der Waals surface area contributed by atoms with E-state index in [4.69, 9.17) is 33.9 Å². The highest BCUT2D eigenvalue weighted by molar-refractivity contribution is 4.94. The fraction of sp³-hybridized carbons (Fsp3) is 1.00. The predicted octanol–water partition coefficient (Wildman–Crippen LogP) is -1.82.